The first-order chi connectivity index (χ1) is 69.2. The highest BCUT2D eigenvalue weighted by molar-refractivity contribution is 7.90. The Hall–Kier alpha value is -15.0. The van der Waals surface area contributed by atoms with E-state index >= 15 is 0 Å². The number of H-pyrrole nitrogens is 2. The number of amides is 9. The summed E-state index contributed by atoms with van der Waals surface area (Å²) in [5.41, 5.74) is 6.16. The zero-order valence-corrected chi connectivity index (χ0v) is 83.2. The van der Waals surface area contributed by atoms with Crippen LogP contribution in [0.3, 0.4) is 0 Å². The molecule has 5 aromatic carbocycles. The number of aryl methyl sites for hydroxylation is 8. The zero-order chi connectivity index (χ0) is 105. The lowest BCUT2D eigenvalue weighted by atomic mass is 10.1. The van der Waals surface area contributed by atoms with Crippen LogP contribution in [0.1, 0.15) is 158 Å². The van der Waals surface area contributed by atoms with Crippen molar-refractivity contribution in [2.75, 3.05) is 94.8 Å². The fourth-order valence-corrected chi connectivity index (χ4v) is 19.6. The molecule has 776 valence electrons. The van der Waals surface area contributed by atoms with Gasteiger partial charge in [0.25, 0.3) is 27.8 Å². The van der Waals surface area contributed by atoms with Crippen molar-refractivity contribution in [1.82, 2.24) is 91.3 Å². The third kappa shape index (κ3) is 34.7. The summed E-state index contributed by atoms with van der Waals surface area (Å²) in [6.45, 7) is 11.2. The van der Waals surface area contributed by atoms with Gasteiger partial charge in [0.2, 0.25) is 66.3 Å². The van der Waals surface area contributed by atoms with E-state index in [0.29, 0.717) is 77.4 Å². The number of carbonyl (C=O) groups is 11. The Balaban J connectivity index is 0.617. The molecule has 0 spiro atoms. The minimum absolute atomic E-state index is 0.0213. The van der Waals surface area contributed by atoms with Crippen LogP contribution in [0.4, 0.5) is 17.7 Å². The molecule has 5 aromatic heterocycles. The minimum Gasteiger partial charge on any atom is -0.480 e. The molecule has 3 atom stereocenters. The SMILES string of the molecule is Cc1cc(C)c(S(=O)(=O)NC(CNC(=O)c2cn(CCCNC(=O)CCC(=O)NCCCOCCCNC(=O)CCC(NC(=O)c3ccc(N/N=C/c4ccccc4S(=O)(=O)O)nc3)C(=O)NCCCOCCCNC(=O)CCC(=O)NCCCn3cc(C(=O)NCC(NS(=O)(=O)c4c(C)cc(C)cc4C)C(=O)O)c(=O)c4ccc(CNc5ncc[nH]5)cc43)c3cc(CNc4ncc[nH]4)ccc3c2=O)C(=O)O)c(C)c1. The average Bonchev–Trinajstić information content (AvgIpc) is 0.917. The second-order valence-electron chi connectivity index (χ2n) is 34.1. The molecule has 0 aliphatic heterocycles. The first-order valence-electron chi connectivity index (χ1n) is 46.6. The molecule has 46 nitrogen and oxygen atoms in total. The number of rotatable bonds is 60. The van der Waals surface area contributed by atoms with E-state index in [-0.39, 0.29) is 196 Å². The number of anilines is 3. The summed E-state index contributed by atoms with van der Waals surface area (Å²) < 4.78 is 107. The van der Waals surface area contributed by atoms with Crippen molar-refractivity contribution in [3.05, 3.63) is 228 Å². The summed E-state index contributed by atoms with van der Waals surface area (Å²) in [5, 5.41) is 54.8. The number of hydrazone groups is 1. The zero-order valence-electron chi connectivity index (χ0n) is 80.7. The van der Waals surface area contributed by atoms with Gasteiger partial charge in [-0.2, -0.15) is 23.0 Å². The maximum Gasteiger partial charge on any atom is 0.323 e. The molecule has 3 unspecified atom stereocenters. The van der Waals surface area contributed by atoms with E-state index < -0.39 is 131 Å². The Labute approximate surface area is 835 Å². The predicted molar refractivity (Wildman–Crippen MR) is 536 cm³/mol. The highest BCUT2D eigenvalue weighted by atomic mass is 32.2. The average molecular weight is 2060 g/mol. The number of ether oxygens (including phenoxy) is 2. The predicted octanol–water partition coefficient (Wildman–Crippen LogP) is 4.16. The largest absolute Gasteiger partial charge is 0.480 e. The number of pyridine rings is 3. The summed E-state index contributed by atoms with van der Waals surface area (Å²) in [6.07, 6.45) is 12.6. The van der Waals surface area contributed by atoms with Gasteiger partial charge in [-0.25, -0.2) is 31.8 Å². The van der Waals surface area contributed by atoms with Crippen LogP contribution >= 0.6 is 0 Å². The number of carbonyl (C=O) groups excluding carboxylic acids is 9. The van der Waals surface area contributed by atoms with Crippen molar-refractivity contribution < 1.29 is 102 Å². The maximum atomic E-state index is 14.0. The van der Waals surface area contributed by atoms with Gasteiger partial charge in [0.1, 0.15) is 40.0 Å². The van der Waals surface area contributed by atoms with E-state index in [9.17, 15) is 102 Å². The summed E-state index contributed by atoms with van der Waals surface area (Å²) in [5.74, 6) is -7.36. The number of carboxylic acid groups (broad SMARTS) is 2. The second-order valence-corrected chi connectivity index (χ2v) is 38.8. The lowest BCUT2D eigenvalue weighted by molar-refractivity contribution is -0.139. The number of aliphatic carboxylic acids is 2. The van der Waals surface area contributed by atoms with Crippen molar-refractivity contribution in [2.24, 2.45) is 5.10 Å². The van der Waals surface area contributed by atoms with Crippen molar-refractivity contribution in [3.8, 4) is 0 Å². The molecule has 9 amide bonds. The summed E-state index contributed by atoms with van der Waals surface area (Å²) in [7, 11) is -13.4. The number of hydrogen-bond acceptors (Lipinski definition) is 28. The Morgan fingerprint density at radius 3 is 1.27 bits per heavy atom. The number of fused-ring (bicyclic) bond motifs is 2. The quantitative estimate of drug-likeness (QED) is 0.0110. The molecule has 0 fully saturated rings. The van der Waals surface area contributed by atoms with E-state index in [1.807, 2.05) is 0 Å². The number of nitrogens with one attached hydrogen (secondary N) is 16. The number of aromatic nitrogens is 7. The monoisotopic (exact) mass is 2060 g/mol. The molecule has 10 aromatic rings. The molecular weight excluding hydrogens is 1940 g/mol. The summed E-state index contributed by atoms with van der Waals surface area (Å²) in [6, 6.07) is 20.0. The van der Waals surface area contributed by atoms with Crippen LogP contribution in [0.15, 0.2) is 170 Å². The highest BCUT2D eigenvalue weighted by Crippen LogP contribution is 2.26. The Morgan fingerprint density at radius 2 is 0.876 bits per heavy atom. The van der Waals surface area contributed by atoms with Crippen molar-refractivity contribution in [1.29, 1.82) is 0 Å². The van der Waals surface area contributed by atoms with E-state index in [4.69, 9.17) is 9.47 Å². The highest BCUT2D eigenvalue weighted by Gasteiger charge is 2.33. The van der Waals surface area contributed by atoms with Crippen molar-refractivity contribution >= 4 is 141 Å². The van der Waals surface area contributed by atoms with Gasteiger partial charge in [-0.3, -0.25) is 72.3 Å². The van der Waals surface area contributed by atoms with Crippen molar-refractivity contribution in [2.45, 2.75) is 178 Å². The summed E-state index contributed by atoms with van der Waals surface area (Å²) in [4.78, 5) is 191. The number of benzene rings is 5. The standard InChI is InChI=1S/C96H120N22O24S3/c1-59-45-61(3)87(62(4)46-59)143(134,135)115-74(93(130)131)55-108-90(127)71-57-117(76-49-65(17-20-69(76)85(71)124)51-110-95-103-35-36-104-95)39-9-29-97-81(120)25-27-83(122)100-32-12-42-141-41-11-31-99-80(119)24-22-73(113-89(126)68-19-23-79(107-53-68)114-112-54-67-15-7-8-16-78(67)145(138,139)140)92(129)102-34-14-44-142-43-13-33-101-84(123)28-26-82(121)98-30-10-40-118-58-72(86(125)70-21-18-66(50-77(70)118)52-111-96-105-37-38-106-96)91(128)109-56-75(94(132)133)116-144(136,137)88-63(5)47-60(2)48-64(88)6/h7-8,15-21,23,35-38,45-50,53-54,57-58,73-75,115-116H,9-14,22,24-34,39-44,51-52,55-56H2,1-6H3,(H,97,120)(H,98,121)(H,99,119)(H,100,122)(H,101,123)(H,102,129)(H,107,114)(H,108,127)(H,109,128)(H,113,126)(H,130,131)(H,132,133)(H2,103,104,110)(H2,105,106,111)(H,138,139,140)/b112-54+. The first-order valence-corrected chi connectivity index (χ1v) is 51.0. The molecule has 10 rings (SSSR count). The molecular formula is C96H120N22O24S3. The van der Waals surface area contributed by atoms with Crippen LogP contribution in [0.2, 0.25) is 0 Å². The van der Waals surface area contributed by atoms with Gasteiger partial charge in [0.15, 0.2) is 11.9 Å². The van der Waals surface area contributed by atoms with Gasteiger partial charge in [-0.05, 0) is 162 Å². The lowest BCUT2D eigenvalue weighted by Gasteiger charge is -2.19. The smallest absolute Gasteiger partial charge is 0.323 e. The summed E-state index contributed by atoms with van der Waals surface area (Å²) >= 11 is 0. The Kier molecular flexibility index (Phi) is 42.0. The minimum atomic E-state index is -4.57. The van der Waals surface area contributed by atoms with Crippen LogP contribution in [0.25, 0.3) is 21.8 Å². The second kappa shape index (κ2) is 54.4. The van der Waals surface area contributed by atoms with Crippen LogP contribution in [-0.2, 0) is 104 Å². The van der Waals surface area contributed by atoms with E-state index in [0.717, 1.165) is 28.5 Å². The topological polar surface area (TPSA) is 664 Å². The molecule has 145 heavy (non-hydrogen) atoms. The Morgan fingerprint density at radius 1 is 0.469 bits per heavy atom. The normalized spacial score (nSPS) is 12.2. The van der Waals surface area contributed by atoms with Gasteiger partial charge in [0.05, 0.1) is 32.6 Å². The molecule has 0 saturated carbocycles. The molecule has 19 N–H and O–H groups in total. The molecule has 0 saturated heterocycles. The van der Waals surface area contributed by atoms with Crippen molar-refractivity contribution in [3.63, 3.8) is 0 Å². The first kappa shape index (κ1) is 112. The number of aromatic amines is 2. The third-order valence-electron chi connectivity index (χ3n) is 22.5. The van der Waals surface area contributed by atoms with Crippen LogP contribution in [0.5, 0.6) is 0 Å². The number of carboxylic acids is 2. The molecule has 0 bridgehead atoms. The molecule has 0 radical (unpaired) electrons. The number of nitrogens with zero attached hydrogens (tertiary/aromatic N) is 6. The van der Waals surface area contributed by atoms with Crippen LogP contribution < -0.4 is 84.2 Å². The van der Waals surface area contributed by atoms with Gasteiger partial charge < -0.3 is 97.3 Å². The molecule has 0 aliphatic carbocycles. The lowest BCUT2D eigenvalue weighted by Crippen LogP contribution is -2.49. The molecule has 5 heterocycles. The van der Waals surface area contributed by atoms with E-state index in [1.165, 1.54) is 48.9 Å². The third-order valence-corrected chi connectivity index (χ3v) is 27.0. The molecule has 0 aliphatic rings. The number of hydrogen-bond donors (Lipinski definition) is 19. The maximum absolute atomic E-state index is 14.0. The number of sulfonamides is 2. The van der Waals surface area contributed by atoms with Crippen LogP contribution in [0, 0.1) is 41.5 Å². The number of imidazole rings is 2. The van der Waals surface area contributed by atoms with E-state index in [1.54, 1.807) is 142 Å². The van der Waals surface area contributed by atoms with Crippen LogP contribution in [-0.4, -0.2) is 242 Å². The van der Waals surface area contributed by atoms with Gasteiger partial charge >= 0.3 is 11.9 Å². The van der Waals surface area contributed by atoms with Gasteiger partial charge in [-0.1, -0.05) is 65.7 Å². The van der Waals surface area contributed by atoms with E-state index in [2.05, 4.69) is 103 Å². The fourth-order valence-electron chi connectivity index (χ4n) is 15.6. The van der Waals surface area contributed by atoms with Gasteiger partial charge in [-0.15, -0.1) is 0 Å². The van der Waals surface area contributed by atoms with Gasteiger partial charge in [0, 0.05) is 197 Å². The Bertz CT molecular complexity index is 6780. The fraction of sp³-hybridized carbons (Fsp3) is 0.385. The molecule has 49 heteroatoms.